The predicted molar refractivity (Wildman–Crippen MR) is 221 cm³/mol. The smallest absolute Gasteiger partial charge is 0.355 e. The molecule has 3 unspecified atom stereocenters. The summed E-state index contributed by atoms with van der Waals surface area (Å²) in [5, 5.41) is 10.2. The van der Waals surface area contributed by atoms with Gasteiger partial charge < -0.3 is 24.4 Å². The van der Waals surface area contributed by atoms with Crippen molar-refractivity contribution >= 4 is 52.6 Å². The molecule has 2 aromatic heterocycles. The maximum atomic E-state index is 16.5. The Balaban J connectivity index is 1.05. The number of aryl methyl sites for hydroxylation is 1. The van der Waals surface area contributed by atoms with Crippen LogP contribution in [0.1, 0.15) is 97.8 Å². The first-order valence-electron chi connectivity index (χ1n) is 20.3. The van der Waals surface area contributed by atoms with Crippen molar-refractivity contribution in [2.45, 2.75) is 101 Å². The summed E-state index contributed by atoms with van der Waals surface area (Å²) in [4.78, 5) is 70.8. The lowest BCUT2D eigenvalue weighted by atomic mass is 9.99. The largest absolute Gasteiger partial charge is 0.465 e. The van der Waals surface area contributed by atoms with Crippen molar-refractivity contribution in [2.75, 3.05) is 19.7 Å². The van der Waals surface area contributed by atoms with Crippen molar-refractivity contribution in [1.29, 1.82) is 0 Å². The maximum absolute atomic E-state index is 16.5. The Morgan fingerprint density at radius 2 is 1.80 bits per heavy atom. The molecule has 2 aromatic carbocycles. The first kappa shape index (κ1) is 42.2. The summed E-state index contributed by atoms with van der Waals surface area (Å²) >= 11 is 1.18. The van der Waals surface area contributed by atoms with Crippen molar-refractivity contribution in [2.24, 2.45) is 7.05 Å². The first-order chi connectivity index (χ1) is 28.3. The van der Waals surface area contributed by atoms with Crippen LogP contribution in [0.25, 0.3) is 10.1 Å². The van der Waals surface area contributed by atoms with Crippen molar-refractivity contribution in [3.63, 3.8) is 0 Å². The molecule has 14 nitrogen and oxygen atoms in total. The quantitative estimate of drug-likeness (QED) is 0.117. The van der Waals surface area contributed by atoms with Crippen LogP contribution in [0.4, 0.5) is 4.39 Å². The summed E-state index contributed by atoms with van der Waals surface area (Å²) < 4.78 is 43.7. The van der Waals surface area contributed by atoms with E-state index < -0.39 is 43.4 Å². The van der Waals surface area contributed by atoms with Crippen LogP contribution in [0.2, 0.25) is 0 Å². The molecule has 0 bridgehead atoms. The number of nitrogens with one attached hydrogen (secondary N) is 2. The van der Waals surface area contributed by atoms with Gasteiger partial charge in [0.1, 0.15) is 23.9 Å². The van der Waals surface area contributed by atoms with E-state index in [1.54, 1.807) is 59.4 Å². The summed E-state index contributed by atoms with van der Waals surface area (Å²) in [7, 11) is -2.86. The zero-order valence-corrected chi connectivity index (χ0v) is 35.1. The number of para-hydroxylation sites is 1. The number of nitrogens with zero attached hydrogens (tertiary/aromatic N) is 4. The Morgan fingerprint density at radius 3 is 2.56 bits per heavy atom. The minimum Gasteiger partial charge on any atom is -0.465 e. The van der Waals surface area contributed by atoms with Crippen LogP contribution < -0.4 is 20.5 Å². The molecular formula is C42H50FN6O8PS. The standard InChI is InChI=1S/C42H50FN6O8PS/c1-4-20-56-42(54)26(2)46-58(55,57-32-11-6-5-7-12-32)38(43)27-14-17-35-29(21-27)22-36(59-35)39(51)45-33-13-9-8-10-31-15-16-34(49(31)40(33)52)41(53)48-19-18-28(25-48)30-23-37(50)47(3)44-24-30/h5-7,11-12,14,17,21-24,26,28,31,33-34,38H,4,8-10,13,15-16,18-20,25H2,1-3H3,(H,45,51)(H,46,55)/t26-,28?,31-,33-,34-,38?,58?/m0/s1. The Morgan fingerprint density at radius 1 is 1.02 bits per heavy atom. The fraction of sp³-hybridized carbons (Fsp3) is 0.476. The molecule has 3 saturated heterocycles. The molecule has 4 aromatic rings. The third-order valence-corrected chi connectivity index (χ3v) is 14.6. The molecular weight excluding hydrogens is 799 g/mol. The number of rotatable bonds is 13. The molecule has 17 heteroatoms. The minimum atomic E-state index is -4.45. The highest BCUT2D eigenvalue weighted by atomic mass is 32.1. The highest BCUT2D eigenvalue weighted by Crippen LogP contribution is 2.58. The molecule has 2 N–H and O–H groups in total. The Hall–Kier alpha value is -4.92. The molecule has 0 spiro atoms. The van der Waals surface area contributed by atoms with E-state index in [0.29, 0.717) is 60.2 Å². The van der Waals surface area contributed by atoms with Gasteiger partial charge in [0.15, 0.2) is 0 Å². The number of aromatic nitrogens is 2. The minimum absolute atomic E-state index is 0.0168. The van der Waals surface area contributed by atoms with Gasteiger partial charge in [0.05, 0.1) is 17.7 Å². The SMILES string of the molecule is CCCOC(=O)[C@H](C)NP(=O)(Oc1ccccc1)C(F)c1ccc2sc(C(=O)N[C@H]3CCCC[C@H]4CC[C@@H](C(=O)N5CCC(c6cnn(C)c(=O)c6)C5)N4C3=O)cc2c1. The van der Waals surface area contributed by atoms with Gasteiger partial charge in [-0.2, -0.15) is 5.10 Å². The number of amides is 3. The lowest BCUT2D eigenvalue weighted by Gasteiger charge is -2.36. The number of hydrogen-bond donors (Lipinski definition) is 2. The van der Waals surface area contributed by atoms with Crippen molar-refractivity contribution in [3.05, 3.63) is 93.2 Å². The van der Waals surface area contributed by atoms with Crippen LogP contribution in [0.15, 0.2) is 71.7 Å². The molecule has 0 aliphatic carbocycles. The van der Waals surface area contributed by atoms with Gasteiger partial charge in [0.25, 0.3) is 11.5 Å². The molecule has 0 radical (unpaired) electrons. The number of carbonyl (C=O) groups excluding carboxylic acids is 4. The highest BCUT2D eigenvalue weighted by Gasteiger charge is 2.46. The number of halogens is 1. The van der Waals surface area contributed by atoms with E-state index in [9.17, 15) is 28.5 Å². The van der Waals surface area contributed by atoms with E-state index in [0.717, 1.165) is 24.8 Å². The summed E-state index contributed by atoms with van der Waals surface area (Å²) in [5.74, 6) is -3.61. The molecule has 7 rings (SSSR count). The van der Waals surface area contributed by atoms with Gasteiger partial charge in [0.2, 0.25) is 17.7 Å². The molecule has 314 valence electrons. The molecule has 7 atom stereocenters. The zero-order chi connectivity index (χ0) is 41.8. The van der Waals surface area contributed by atoms with E-state index in [2.05, 4.69) is 15.5 Å². The molecule has 3 aliphatic rings. The molecule has 0 saturated carbocycles. The van der Waals surface area contributed by atoms with E-state index in [1.807, 2.05) is 6.92 Å². The topological polar surface area (TPSA) is 169 Å². The summed E-state index contributed by atoms with van der Waals surface area (Å²) in [6, 6.07) is 13.2. The normalized spacial score (nSPS) is 22.8. The third-order valence-electron chi connectivity index (χ3n) is 11.4. The van der Waals surface area contributed by atoms with Gasteiger partial charge in [-0.1, -0.05) is 44.0 Å². The maximum Gasteiger partial charge on any atom is 0.355 e. The van der Waals surface area contributed by atoms with Gasteiger partial charge in [-0.3, -0.25) is 28.5 Å². The average Bonchev–Trinajstić information content (AvgIpc) is 4.00. The average molecular weight is 849 g/mol. The van der Waals surface area contributed by atoms with Gasteiger partial charge in [-0.25, -0.2) is 14.2 Å². The van der Waals surface area contributed by atoms with Crippen molar-refractivity contribution in [1.82, 2.24) is 30.0 Å². The Labute approximate surface area is 345 Å². The lowest BCUT2D eigenvalue weighted by Crippen LogP contribution is -2.56. The fourth-order valence-corrected chi connectivity index (χ4v) is 11.1. The van der Waals surface area contributed by atoms with Crippen LogP contribution in [-0.2, 0) is 30.7 Å². The monoisotopic (exact) mass is 848 g/mol. The molecule has 3 fully saturated rings. The number of benzene rings is 2. The second-order valence-corrected chi connectivity index (χ2v) is 18.8. The van der Waals surface area contributed by atoms with Crippen LogP contribution in [0, 0.1) is 0 Å². The number of fused-ring (bicyclic) bond motifs is 2. The highest BCUT2D eigenvalue weighted by molar-refractivity contribution is 7.57. The van der Waals surface area contributed by atoms with Crippen molar-refractivity contribution in [3.8, 4) is 5.75 Å². The van der Waals surface area contributed by atoms with E-state index >= 15 is 4.39 Å². The van der Waals surface area contributed by atoms with E-state index in [1.165, 1.54) is 47.2 Å². The number of alkyl halides is 1. The van der Waals surface area contributed by atoms with Crippen LogP contribution in [0.5, 0.6) is 5.75 Å². The van der Waals surface area contributed by atoms with Crippen molar-refractivity contribution < 1.29 is 37.4 Å². The van der Waals surface area contributed by atoms with E-state index in [4.69, 9.17) is 9.26 Å². The summed E-state index contributed by atoms with van der Waals surface area (Å²) in [5.41, 5.74) is 0.607. The lowest BCUT2D eigenvalue weighted by molar-refractivity contribution is -0.146. The number of thiophene rings is 1. The third kappa shape index (κ3) is 9.29. The molecule has 3 amide bonds. The Kier molecular flexibility index (Phi) is 13.0. The van der Waals surface area contributed by atoms with Crippen LogP contribution in [0.3, 0.4) is 0 Å². The van der Waals surface area contributed by atoms with Crippen LogP contribution >= 0.6 is 18.9 Å². The number of carbonyl (C=O) groups is 4. The fourth-order valence-electron chi connectivity index (χ4n) is 8.23. The molecule has 5 heterocycles. The van der Waals surface area contributed by atoms with Gasteiger partial charge in [0, 0.05) is 42.9 Å². The van der Waals surface area contributed by atoms with Gasteiger partial charge in [-0.15, -0.1) is 11.3 Å². The number of hydrogen-bond acceptors (Lipinski definition) is 10. The number of ether oxygens (including phenoxy) is 1. The van der Waals surface area contributed by atoms with Crippen LogP contribution in [-0.4, -0.2) is 87.1 Å². The summed E-state index contributed by atoms with van der Waals surface area (Å²) in [6.45, 7) is 4.38. The summed E-state index contributed by atoms with van der Waals surface area (Å²) in [6.07, 6.45) is 6.98. The first-order valence-corrected chi connectivity index (χ1v) is 22.8. The number of esters is 1. The molecule has 59 heavy (non-hydrogen) atoms. The number of likely N-dealkylation sites (tertiary alicyclic amines) is 1. The second kappa shape index (κ2) is 18.1. The van der Waals surface area contributed by atoms with E-state index in [-0.39, 0.29) is 47.3 Å². The van der Waals surface area contributed by atoms with Gasteiger partial charge >= 0.3 is 13.5 Å². The zero-order valence-electron chi connectivity index (χ0n) is 33.4. The molecule has 3 aliphatic heterocycles. The Bertz CT molecular complexity index is 2310. The van der Waals surface area contributed by atoms with Gasteiger partial charge in [-0.05, 0) is 92.3 Å². The predicted octanol–water partition coefficient (Wildman–Crippen LogP) is 6.21. The second-order valence-electron chi connectivity index (χ2n) is 15.6.